The van der Waals surface area contributed by atoms with Gasteiger partial charge in [-0.2, -0.15) is 0 Å². The van der Waals surface area contributed by atoms with Crippen molar-refractivity contribution in [2.75, 3.05) is 6.61 Å². The number of para-hydroxylation sites is 1. The molecule has 0 radical (unpaired) electrons. The van der Waals surface area contributed by atoms with Crippen LogP contribution in [-0.4, -0.2) is 17.6 Å². The summed E-state index contributed by atoms with van der Waals surface area (Å²) in [7, 11) is 0. The number of benzene rings is 1. The SMILES string of the molecule is CC(=O)OCC=Cc1cnc2ccccc2c1. The van der Waals surface area contributed by atoms with Gasteiger partial charge in [0.05, 0.1) is 5.52 Å². The van der Waals surface area contributed by atoms with Crippen LogP contribution < -0.4 is 0 Å². The molecule has 0 aliphatic heterocycles. The third-order valence-corrected chi connectivity index (χ3v) is 2.30. The standard InChI is InChI=1S/C14H13NO2/c1-11(16)17-8-4-5-12-9-13-6-2-3-7-14(13)15-10-12/h2-7,9-10H,8H2,1H3. The average molecular weight is 227 g/mol. The van der Waals surface area contributed by atoms with E-state index in [1.165, 1.54) is 6.92 Å². The molecule has 0 fully saturated rings. The predicted molar refractivity (Wildman–Crippen MR) is 67.4 cm³/mol. The number of carbonyl (C=O) groups excluding carboxylic acids is 1. The van der Waals surface area contributed by atoms with Gasteiger partial charge in [0.1, 0.15) is 6.61 Å². The quantitative estimate of drug-likeness (QED) is 0.757. The Kier molecular flexibility index (Phi) is 3.50. The van der Waals surface area contributed by atoms with Crippen molar-refractivity contribution in [3.05, 3.63) is 48.2 Å². The van der Waals surface area contributed by atoms with Crippen molar-refractivity contribution >= 4 is 22.9 Å². The van der Waals surface area contributed by atoms with Crippen molar-refractivity contribution in [3.8, 4) is 0 Å². The fourth-order valence-electron chi connectivity index (χ4n) is 1.53. The first-order valence-electron chi connectivity index (χ1n) is 5.40. The van der Waals surface area contributed by atoms with E-state index in [9.17, 15) is 4.79 Å². The summed E-state index contributed by atoms with van der Waals surface area (Å²) in [5.74, 6) is -0.272. The van der Waals surface area contributed by atoms with Crippen LogP contribution in [0.1, 0.15) is 12.5 Å². The number of pyridine rings is 1. The van der Waals surface area contributed by atoms with Crippen LogP contribution in [0.15, 0.2) is 42.6 Å². The number of esters is 1. The van der Waals surface area contributed by atoms with Gasteiger partial charge in [-0.25, -0.2) is 0 Å². The van der Waals surface area contributed by atoms with Gasteiger partial charge in [0.2, 0.25) is 0 Å². The van der Waals surface area contributed by atoms with Gasteiger partial charge in [-0.1, -0.05) is 24.3 Å². The molecule has 3 nitrogen and oxygen atoms in total. The molecule has 0 saturated heterocycles. The van der Waals surface area contributed by atoms with Gasteiger partial charge in [0.15, 0.2) is 0 Å². The van der Waals surface area contributed by atoms with E-state index in [2.05, 4.69) is 4.98 Å². The third-order valence-electron chi connectivity index (χ3n) is 2.30. The first kappa shape index (κ1) is 11.3. The number of nitrogens with zero attached hydrogens (tertiary/aromatic N) is 1. The molecule has 0 spiro atoms. The molecule has 0 aliphatic rings. The van der Waals surface area contributed by atoms with E-state index in [-0.39, 0.29) is 5.97 Å². The molecule has 1 aromatic heterocycles. The molecule has 0 N–H and O–H groups in total. The largest absolute Gasteiger partial charge is 0.462 e. The van der Waals surface area contributed by atoms with E-state index < -0.39 is 0 Å². The van der Waals surface area contributed by atoms with Crippen LogP contribution in [0.25, 0.3) is 17.0 Å². The van der Waals surface area contributed by atoms with Crippen LogP contribution in [0.3, 0.4) is 0 Å². The fourth-order valence-corrected chi connectivity index (χ4v) is 1.53. The zero-order valence-corrected chi connectivity index (χ0v) is 9.59. The van der Waals surface area contributed by atoms with E-state index >= 15 is 0 Å². The molecule has 2 aromatic rings. The minimum Gasteiger partial charge on any atom is -0.462 e. The normalized spacial score (nSPS) is 10.9. The van der Waals surface area contributed by atoms with Gasteiger partial charge >= 0.3 is 5.97 Å². The van der Waals surface area contributed by atoms with Gasteiger partial charge in [0, 0.05) is 18.5 Å². The fraction of sp³-hybridized carbons (Fsp3) is 0.143. The summed E-state index contributed by atoms with van der Waals surface area (Å²) in [6, 6.07) is 9.99. The Bertz CT molecular complexity index is 561. The molecule has 17 heavy (non-hydrogen) atoms. The summed E-state index contributed by atoms with van der Waals surface area (Å²) in [6.07, 6.45) is 5.49. The maximum Gasteiger partial charge on any atom is 0.302 e. The second-order valence-electron chi connectivity index (χ2n) is 3.67. The van der Waals surface area contributed by atoms with Gasteiger partial charge in [-0.15, -0.1) is 0 Å². The molecule has 0 unspecified atom stereocenters. The highest BCUT2D eigenvalue weighted by Crippen LogP contribution is 2.13. The number of aromatic nitrogens is 1. The predicted octanol–water partition coefficient (Wildman–Crippen LogP) is 2.81. The van der Waals surface area contributed by atoms with Gasteiger partial charge in [-0.3, -0.25) is 9.78 Å². The molecule has 0 amide bonds. The van der Waals surface area contributed by atoms with Crippen molar-refractivity contribution in [1.82, 2.24) is 4.98 Å². The van der Waals surface area contributed by atoms with E-state index in [4.69, 9.17) is 4.74 Å². The Balaban J connectivity index is 2.11. The van der Waals surface area contributed by atoms with Crippen molar-refractivity contribution < 1.29 is 9.53 Å². The lowest BCUT2D eigenvalue weighted by Crippen LogP contribution is -1.97. The summed E-state index contributed by atoms with van der Waals surface area (Å²) >= 11 is 0. The average Bonchev–Trinajstić information content (AvgIpc) is 2.34. The maximum absolute atomic E-state index is 10.6. The monoisotopic (exact) mass is 227 g/mol. The molecular weight excluding hydrogens is 214 g/mol. The Morgan fingerprint density at radius 2 is 2.24 bits per heavy atom. The lowest BCUT2D eigenvalue weighted by molar-refractivity contribution is -0.139. The van der Waals surface area contributed by atoms with Crippen molar-refractivity contribution in [2.45, 2.75) is 6.92 Å². The van der Waals surface area contributed by atoms with E-state index in [1.54, 1.807) is 12.3 Å². The molecule has 0 saturated carbocycles. The summed E-state index contributed by atoms with van der Waals surface area (Å²) in [4.78, 5) is 14.9. The van der Waals surface area contributed by atoms with Gasteiger partial charge in [0.25, 0.3) is 0 Å². The minimum absolute atomic E-state index is 0.272. The molecule has 2 rings (SSSR count). The lowest BCUT2D eigenvalue weighted by Gasteiger charge is -1.98. The molecule has 0 aliphatic carbocycles. The number of ether oxygens (including phenoxy) is 1. The van der Waals surface area contributed by atoms with Gasteiger partial charge in [-0.05, 0) is 23.8 Å². The maximum atomic E-state index is 10.6. The Hall–Kier alpha value is -2.16. The Labute approximate surface area is 99.7 Å². The summed E-state index contributed by atoms with van der Waals surface area (Å²) < 4.78 is 4.80. The molecule has 3 heteroatoms. The molecule has 86 valence electrons. The summed E-state index contributed by atoms with van der Waals surface area (Å²) in [6.45, 7) is 1.69. The highest BCUT2D eigenvalue weighted by atomic mass is 16.5. The van der Waals surface area contributed by atoms with Crippen LogP contribution >= 0.6 is 0 Å². The van der Waals surface area contributed by atoms with Gasteiger partial charge < -0.3 is 4.74 Å². The molecular formula is C14H13NO2. The molecule has 1 heterocycles. The van der Waals surface area contributed by atoms with E-state index in [0.29, 0.717) is 6.61 Å². The highest BCUT2D eigenvalue weighted by molar-refractivity contribution is 5.80. The first-order valence-corrected chi connectivity index (χ1v) is 5.40. The van der Waals surface area contributed by atoms with E-state index in [1.807, 2.05) is 36.4 Å². The van der Waals surface area contributed by atoms with Crippen LogP contribution in [0, 0.1) is 0 Å². The zero-order valence-electron chi connectivity index (χ0n) is 9.59. The molecule has 0 atom stereocenters. The van der Waals surface area contributed by atoms with Crippen molar-refractivity contribution in [1.29, 1.82) is 0 Å². The lowest BCUT2D eigenvalue weighted by atomic mass is 10.1. The molecule has 0 bridgehead atoms. The third kappa shape index (κ3) is 3.14. The highest BCUT2D eigenvalue weighted by Gasteiger charge is 1.94. The second-order valence-corrected chi connectivity index (χ2v) is 3.67. The number of carbonyl (C=O) groups is 1. The van der Waals surface area contributed by atoms with Crippen molar-refractivity contribution in [2.24, 2.45) is 0 Å². The van der Waals surface area contributed by atoms with E-state index in [0.717, 1.165) is 16.5 Å². The number of hydrogen-bond acceptors (Lipinski definition) is 3. The first-order chi connectivity index (χ1) is 8.25. The molecule has 1 aromatic carbocycles. The van der Waals surface area contributed by atoms with Crippen molar-refractivity contribution in [3.63, 3.8) is 0 Å². The zero-order chi connectivity index (χ0) is 12.1. The summed E-state index contributed by atoms with van der Waals surface area (Å²) in [5, 5.41) is 1.10. The minimum atomic E-state index is -0.272. The van der Waals surface area contributed by atoms with Crippen LogP contribution in [0.4, 0.5) is 0 Å². The topological polar surface area (TPSA) is 39.2 Å². The number of fused-ring (bicyclic) bond motifs is 1. The van der Waals surface area contributed by atoms with Crippen LogP contribution in [-0.2, 0) is 9.53 Å². The Morgan fingerprint density at radius 3 is 3.06 bits per heavy atom. The number of rotatable bonds is 3. The Morgan fingerprint density at radius 1 is 1.41 bits per heavy atom. The smallest absolute Gasteiger partial charge is 0.302 e. The summed E-state index contributed by atoms with van der Waals surface area (Å²) in [5.41, 5.74) is 1.97. The van der Waals surface area contributed by atoms with Crippen LogP contribution in [0.5, 0.6) is 0 Å². The second kappa shape index (κ2) is 5.25. The van der Waals surface area contributed by atoms with Crippen LogP contribution in [0.2, 0.25) is 0 Å². The number of hydrogen-bond donors (Lipinski definition) is 0.